The largest absolute Gasteiger partial charge is 0.435 e. The van der Waals surface area contributed by atoms with Crippen molar-refractivity contribution in [2.45, 2.75) is 19.1 Å². The summed E-state index contributed by atoms with van der Waals surface area (Å²) in [5, 5.41) is 1.72. The molecule has 2 aromatic heterocycles. The normalized spacial score (nSPS) is 12.9. The number of alkyl halides is 3. The summed E-state index contributed by atoms with van der Waals surface area (Å²) in [6.45, 7) is 1.91. The van der Waals surface area contributed by atoms with E-state index in [1.54, 1.807) is 18.1 Å². The molecular formula is C21H17F4N5. The van der Waals surface area contributed by atoms with Gasteiger partial charge >= 0.3 is 6.18 Å². The summed E-state index contributed by atoms with van der Waals surface area (Å²) in [6.07, 6.45) is -3.84. The quantitative estimate of drug-likeness (QED) is 0.441. The van der Waals surface area contributed by atoms with Gasteiger partial charge in [-0.25, -0.2) is 24.0 Å². The molecule has 2 aromatic carbocycles. The van der Waals surface area contributed by atoms with E-state index >= 15 is 0 Å². The van der Waals surface area contributed by atoms with E-state index in [0.29, 0.717) is 5.56 Å². The average Bonchev–Trinajstić information content (AvgIpc) is 3.12. The lowest BCUT2D eigenvalue weighted by Crippen LogP contribution is -2.33. The molecule has 30 heavy (non-hydrogen) atoms. The van der Waals surface area contributed by atoms with Crippen LogP contribution >= 0.6 is 0 Å². The number of hydrogen-bond donors (Lipinski definition) is 0. The Kier molecular flexibility index (Phi) is 4.89. The van der Waals surface area contributed by atoms with Crippen molar-refractivity contribution >= 4 is 11.2 Å². The molecule has 2 heterocycles. The molecule has 9 heteroatoms. The minimum atomic E-state index is -4.71. The first kappa shape index (κ1) is 19.8. The number of benzene rings is 2. The molecule has 0 amide bonds. The standard InChI is InChI=1S/C21H17F4N5/c1-13(14-7-4-3-5-8-14)29(2)30-19(15-9-6-10-16(22)11-15)28-17-18(21(23,24)25)26-12-27-20(17)30/h3-13H,1-2H3. The average molecular weight is 415 g/mol. The number of hydrogen-bond acceptors (Lipinski definition) is 4. The zero-order valence-corrected chi connectivity index (χ0v) is 16.1. The number of nitrogens with zero attached hydrogens (tertiary/aromatic N) is 5. The first-order chi connectivity index (χ1) is 14.3. The number of aromatic nitrogens is 4. The van der Waals surface area contributed by atoms with Gasteiger partial charge in [-0.1, -0.05) is 42.5 Å². The second-order valence-electron chi connectivity index (χ2n) is 6.81. The lowest BCUT2D eigenvalue weighted by atomic mass is 10.1. The second-order valence-corrected chi connectivity index (χ2v) is 6.81. The van der Waals surface area contributed by atoms with E-state index in [1.165, 1.54) is 22.9 Å². The van der Waals surface area contributed by atoms with Gasteiger partial charge in [-0.2, -0.15) is 13.2 Å². The molecule has 0 aliphatic heterocycles. The van der Waals surface area contributed by atoms with E-state index in [0.717, 1.165) is 11.9 Å². The summed E-state index contributed by atoms with van der Waals surface area (Å²) in [5.74, 6) is -0.382. The fourth-order valence-electron chi connectivity index (χ4n) is 3.32. The molecule has 0 aliphatic carbocycles. The van der Waals surface area contributed by atoms with E-state index < -0.39 is 23.2 Å². The van der Waals surface area contributed by atoms with Crippen LogP contribution in [0.1, 0.15) is 24.2 Å². The number of rotatable bonds is 4. The summed E-state index contributed by atoms with van der Waals surface area (Å²) in [5.41, 5.74) is -0.270. The Labute approximate surface area is 169 Å². The zero-order valence-electron chi connectivity index (χ0n) is 16.1. The highest BCUT2D eigenvalue weighted by molar-refractivity contribution is 5.80. The van der Waals surface area contributed by atoms with Gasteiger partial charge in [0, 0.05) is 12.6 Å². The van der Waals surface area contributed by atoms with Crippen molar-refractivity contribution in [1.29, 1.82) is 0 Å². The Morgan fingerprint density at radius 2 is 1.73 bits per heavy atom. The van der Waals surface area contributed by atoms with Crippen LogP contribution in [0.25, 0.3) is 22.6 Å². The third-order valence-corrected chi connectivity index (χ3v) is 4.93. The molecule has 0 saturated carbocycles. The lowest BCUT2D eigenvalue weighted by molar-refractivity contribution is -0.140. The van der Waals surface area contributed by atoms with Gasteiger partial charge in [-0.05, 0) is 24.6 Å². The molecule has 4 rings (SSSR count). The van der Waals surface area contributed by atoms with Crippen molar-refractivity contribution in [2.75, 3.05) is 12.1 Å². The Bertz CT molecular complexity index is 1190. The van der Waals surface area contributed by atoms with E-state index in [9.17, 15) is 17.6 Å². The molecule has 0 radical (unpaired) electrons. The van der Waals surface area contributed by atoms with Crippen LogP contribution in [0.2, 0.25) is 0 Å². The summed E-state index contributed by atoms with van der Waals surface area (Å²) in [4.78, 5) is 11.7. The monoisotopic (exact) mass is 415 g/mol. The summed E-state index contributed by atoms with van der Waals surface area (Å²) in [6, 6.07) is 14.8. The maximum Gasteiger partial charge on any atom is 0.435 e. The molecule has 0 bridgehead atoms. The first-order valence-electron chi connectivity index (χ1n) is 9.12. The van der Waals surface area contributed by atoms with Gasteiger partial charge in [-0.3, -0.25) is 0 Å². The minimum Gasteiger partial charge on any atom is -0.305 e. The van der Waals surface area contributed by atoms with Gasteiger partial charge < -0.3 is 5.01 Å². The number of imidazole rings is 1. The first-order valence-corrected chi connectivity index (χ1v) is 9.12. The fraction of sp³-hybridized carbons (Fsp3) is 0.190. The molecule has 4 aromatic rings. The SMILES string of the molecule is CC(c1ccccc1)N(C)n1c(-c2cccc(F)c2)nc2c(C(F)(F)F)ncnc21. The fourth-order valence-corrected chi connectivity index (χ4v) is 3.32. The van der Waals surface area contributed by atoms with E-state index in [4.69, 9.17) is 0 Å². The third kappa shape index (κ3) is 3.47. The van der Waals surface area contributed by atoms with Crippen LogP contribution in [0.5, 0.6) is 0 Å². The van der Waals surface area contributed by atoms with E-state index in [-0.39, 0.29) is 17.5 Å². The summed E-state index contributed by atoms with van der Waals surface area (Å²) < 4.78 is 56.0. The van der Waals surface area contributed by atoms with Crippen LogP contribution in [0.4, 0.5) is 17.6 Å². The van der Waals surface area contributed by atoms with E-state index in [2.05, 4.69) is 15.0 Å². The van der Waals surface area contributed by atoms with Crippen molar-refractivity contribution in [1.82, 2.24) is 19.6 Å². The molecule has 1 atom stereocenters. The number of fused-ring (bicyclic) bond motifs is 1. The van der Waals surface area contributed by atoms with Crippen molar-refractivity contribution in [3.63, 3.8) is 0 Å². The molecule has 5 nitrogen and oxygen atoms in total. The summed E-state index contributed by atoms with van der Waals surface area (Å²) in [7, 11) is 1.72. The smallest absolute Gasteiger partial charge is 0.305 e. The molecule has 154 valence electrons. The number of halogens is 4. The Balaban J connectivity index is 1.97. The van der Waals surface area contributed by atoms with Crippen LogP contribution < -0.4 is 5.01 Å². The second kappa shape index (κ2) is 7.40. The maximum atomic E-state index is 13.9. The maximum absolute atomic E-state index is 13.9. The molecule has 0 spiro atoms. The van der Waals surface area contributed by atoms with Gasteiger partial charge in [-0.15, -0.1) is 0 Å². The predicted octanol–water partition coefficient (Wildman–Crippen LogP) is 4.98. The van der Waals surface area contributed by atoms with Crippen molar-refractivity contribution in [2.24, 2.45) is 0 Å². The van der Waals surface area contributed by atoms with Crippen LogP contribution in [-0.4, -0.2) is 26.7 Å². The van der Waals surface area contributed by atoms with Crippen LogP contribution in [0, 0.1) is 5.82 Å². The molecule has 0 aliphatic rings. The predicted molar refractivity (Wildman–Crippen MR) is 105 cm³/mol. The molecule has 1 unspecified atom stereocenters. The van der Waals surface area contributed by atoms with Crippen molar-refractivity contribution in [3.05, 3.63) is 78.0 Å². The Hall–Kier alpha value is -3.49. The van der Waals surface area contributed by atoms with Gasteiger partial charge in [0.05, 0.1) is 6.04 Å². The van der Waals surface area contributed by atoms with Crippen molar-refractivity contribution in [3.8, 4) is 11.4 Å². The zero-order chi connectivity index (χ0) is 21.5. The summed E-state index contributed by atoms with van der Waals surface area (Å²) >= 11 is 0. The van der Waals surface area contributed by atoms with Crippen LogP contribution in [-0.2, 0) is 6.18 Å². The molecular weight excluding hydrogens is 398 g/mol. The lowest BCUT2D eigenvalue weighted by Gasteiger charge is -2.29. The van der Waals surface area contributed by atoms with Gasteiger partial charge in [0.1, 0.15) is 17.7 Å². The van der Waals surface area contributed by atoms with Crippen LogP contribution in [0.15, 0.2) is 60.9 Å². The Morgan fingerprint density at radius 3 is 2.40 bits per heavy atom. The van der Waals surface area contributed by atoms with E-state index in [1.807, 2.05) is 37.3 Å². The molecule has 0 fully saturated rings. The van der Waals surface area contributed by atoms with Crippen molar-refractivity contribution < 1.29 is 17.6 Å². The van der Waals surface area contributed by atoms with Crippen LogP contribution in [0.3, 0.4) is 0 Å². The highest BCUT2D eigenvalue weighted by Gasteiger charge is 2.37. The van der Waals surface area contributed by atoms with Gasteiger partial charge in [0.15, 0.2) is 17.2 Å². The van der Waals surface area contributed by atoms with Gasteiger partial charge in [0.25, 0.3) is 0 Å². The Morgan fingerprint density at radius 1 is 1.00 bits per heavy atom. The van der Waals surface area contributed by atoms with Gasteiger partial charge in [0.2, 0.25) is 0 Å². The third-order valence-electron chi connectivity index (χ3n) is 4.93. The highest BCUT2D eigenvalue weighted by Crippen LogP contribution is 2.35. The molecule has 0 N–H and O–H groups in total. The highest BCUT2D eigenvalue weighted by atomic mass is 19.4. The topological polar surface area (TPSA) is 46.8 Å². The molecule has 0 saturated heterocycles. The minimum absolute atomic E-state index is 0.0122.